The maximum absolute atomic E-state index is 5.74. The largest absolute Gasteiger partial charge is 0.497 e. The summed E-state index contributed by atoms with van der Waals surface area (Å²) in [6.45, 7) is 4.43. The van der Waals surface area contributed by atoms with Gasteiger partial charge < -0.3 is 18.9 Å². The van der Waals surface area contributed by atoms with Crippen LogP contribution in [0.25, 0.3) is 11.1 Å². The molecule has 0 amide bonds. The van der Waals surface area contributed by atoms with Crippen LogP contribution in [0.5, 0.6) is 23.0 Å². The van der Waals surface area contributed by atoms with Gasteiger partial charge in [0.15, 0.2) is 11.5 Å². The van der Waals surface area contributed by atoms with Crippen molar-refractivity contribution in [2.45, 2.75) is 20.1 Å². The summed E-state index contributed by atoms with van der Waals surface area (Å²) in [5.41, 5.74) is 2.03. The third-order valence-electron chi connectivity index (χ3n) is 3.33. The summed E-state index contributed by atoms with van der Waals surface area (Å²) in [5, 5.41) is 0. The Morgan fingerprint density at radius 3 is 2.33 bits per heavy atom. The molecule has 0 spiro atoms. The van der Waals surface area contributed by atoms with Crippen LogP contribution in [0.1, 0.15) is 13.8 Å². The van der Waals surface area contributed by atoms with E-state index in [0.717, 1.165) is 34.1 Å². The van der Waals surface area contributed by atoms with Crippen LogP contribution < -0.4 is 18.9 Å². The maximum Gasteiger partial charge on any atom is 0.238 e. The fourth-order valence-electron chi connectivity index (χ4n) is 2.38. The summed E-state index contributed by atoms with van der Waals surface area (Å²) >= 11 is 0. The molecule has 110 valence electrons. The van der Waals surface area contributed by atoms with Gasteiger partial charge in [0.05, 0.1) is 13.7 Å². The number of rotatable bonds is 4. The van der Waals surface area contributed by atoms with Gasteiger partial charge in [-0.05, 0) is 30.7 Å². The molecule has 0 bridgehead atoms. The lowest BCUT2D eigenvalue weighted by atomic mass is 10.0. The first-order valence-corrected chi connectivity index (χ1v) is 7.00. The van der Waals surface area contributed by atoms with E-state index in [4.69, 9.17) is 18.9 Å². The Labute approximate surface area is 124 Å². The third kappa shape index (κ3) is 2.61. The molecule has 4 heteroatoms. The highest BCUT2D eigenvalue weighted by atomic mass is 16.7. The molecule has 0 radical (unpaired) electrons. The van der Waals surface area contributed by atoms with Gasteiger partial charge in [0, 0.05) is 18.6 Å². The van der Waals surface area contributed by atoms with Gasteiger partial charge in [0.2, 0.25) is 6.29 Å². The van der Waals surface area contributed by atoms with E-state index in [1.54, 1.807) is 7.11 Å². The quantitative estimate of drug-likeness (QED) is 0.854. The molecule has 0 aliphatic carbocycles. The van der Waals surface area contributed by atoms with Gasteiger partial charge in [-0.15, -0.1) is 0 Å². The predicted molar refractivity (Wildman–Crippen MR) is 80.3 cm³/mol. The summed E-state index contributed by atoms with van der Waals surface area (Å²) < 4.78 is 22.2. The highest BCUT2D eigenvalue weighted by Crippen LogP contribution is 2.44. The van der Waals surface area contributed by atoms with Gasteiger partial charge >= 0.3 is 0 Å². The summed E-state index contributed by atoms with van der Waals surface area (Å²) in [5.74, 6) is 3.09. The minimum atomic E-state index is -0.263. The van der Waals surface area contributed by atoms with Crippen LogP contribution in [-0.4, -0.2) is 20.0 Å². The van der Waals surface area contributed by atoms with Crippen LogP contribution >= 0.6 is 0 Å². The average Bonchev–Trinajstić information content (AvgIpc) is 2.86. The molecule has 0 saturated carbocycles. The third-order valence-corrected chi connectivity index (χ3v) is 3.33. The molecule has 1 atom stereocenters. The molecule has 2 aromatic carbocycles. The van der Waals surface area contributed by atoms with E-state index in [-0.39, 0.29) is 6.29 Å². The Morgan fingerprint density at radius 1 is 1.05 bits per heavy atom. The van der Waals surface area contributed by atoms with Crippen molar-refractivity contribution in [2.24, 2.45) is 0 Å². The zero-order chi connectivity index (χ0) is 14.8. The van der Waals surface area contributed by atoms with E-state index in [1.807, 2.05) is 50.2 Å². The fourth-order valence-corrected chi connectivity index (χ4v) is 2.38. The molecule has 3 rings (SSSR count). The maximum atomic E-state index is 5.74. The normalized spacial score (nSPS) is 15.9. The van der Waals surface area contributed by atoms with Crippen molar-refractivity contribution in [1.82, 2.24) is 0 Å². The molecule has 1 aliphatic rings. The van der Waals surface area contributed by atoms with Crippen molar-refractivity contribution >= 4 is 0 Å². The first-order chi connectivity index (χ1) is 10.2. The standard InChI is InChI=1S/C17H18O4/c1-4-19-15-10-17-16(20-11(2)21-17)9-14(15)12-5-7-13(18-3)8-6-12/h5-11H,4H2,1-3H3. The van der Waals surface area contributed by atoms with E-state index in [2.05, 4.69) is 0 Å². The molecule has 0 saturated heterocycles. The molecule has 2 aromatic rings. The number of fused-ring (bicyclic) bond motifs is 1. The highest BCUT2D eigenvalue weighted by molar-refractivity contribution is 5.75. The Balaban J connectivity index is 2.05. The van der Waals surface area contributed by atoms with Crippen molar-refractivity contribution in [1.29, 1.82) is 0 Å². The Bertz CT molecular complexity index is 634. The molecule has 1 unspecified atom stereocenters. The van der Waals surface area contributed by atoms with Crippen molar-refractivity contribution in [2.75, 3.05) is 13.7 Å². The van der Waals surface area contributed by atoms with Crippen molar-refractivity contribution in [3.63, 3.8) is 0 Å². The molecule has 0 fully saturated rings. The van der Waals surface area contributed by atoms with Crippen molar-refractivity contribution < 1.29 is 18.9 Å². The van der Waals surface area contributed by atoms with E-state index in [1.165, 1.54) is 0 Å². The lowest BCUT2D eigenvalue weighted by Gasteiger charge is -2.12. The number of ether oxygens (including phenoxy) is 4. The second-order valence-electron chi connectivity index (χ2n) is 4.76. The summed E-state index contributed by atoms with van der Waals surface area (Å²) in [6, 6.07) is 11.7. The minimum absolute atomic E-state index is 0.263. The molecule has 0 aromatic heterocycles. The first kappa shape index (κ1) is 13.6. The summed E-state index contributed by atoms with van der Waals surface area (Å²) in [6.07, 6.45) is -0.263. The van der Waals surface area contributed by atoms with Crippen molar-refractivity contribution in [3.8, 4) is 34.1 Å². The van der Waals surface area contributed by atoms with Crippen LogP contribution in [0.2, 0.25) is 0 Å². The smallest absolute Gasteiger partial charge is 0.238 e. The van der Waals surface area contributed by atoms with Gasteiger partial charge in [-0.3, -0.25) is 0 Å². The lowest BCUT2D eigenvalue weighted by molar-refractivity contribution is 0.0678. The van der Waals surface area contributed by atoms with Gasteiger partial charge in [-0.2, -0.15) is 0 Å². The second kappa shape index (κ2) is 5.56. The van der Waals surface area contributed by atoms with Gasteiger partial charge in [-0.1, -0.05) is 12.1 Å². The van der Waals surface area contributed by atoms with Gasteiger partial charge in [0.25, 0.3) is 0 Å². The SMILES string of the molecule is CCOc1cc2c(cc1-c1ccc(OC)cc1)OC(C)O2. The first-order valence-electron chi connectivity index (χ1n) is 7.00. The number of methoxy groups -OCH3 is 1. The molecule has 21 heavy (non-hydrogen) atoms. The molecule has 0 N–H and O–H groups in total. The van der Waals surface area contributed by atoms with Crippen molar-refractivity contribution in [3.05, 3.63) is 36.4 Å². The number of benzene rings is 2. The molecular formula is C17H18O4. The van der Waals surface area contributed by atoms with Crippen LogP contribution in [0.15, 0.2) is 36.4 Å². The molecule has 4 nitrogen and oxygen atoms in total. The predicted octanol–water partition coefficient (Wildman–Crippen LogP) is 3.88. The highest BCUT2D eigenvalue weighted by Gasteiger charge is 2.23. The van der Waals surface area contributed by atoms with Crippen LogP contribution in [-0.2, 0) is 0 Å². The Hall–Kier alpha value is -2.36. The lowest BCUT2D eigenvalue weighted by Crippen LogP contribution is -2.11. The second-order valence-corrected chi connectivity index (χ2v) is 4.76. The number of hydrogen-bond donors (Lipinski definition) is 0. The van der Waals surface area contributed by atoms with Crippen LogP contribution in [0.4, 0.5) is 0 Å². The Kier molecular flexibility index (Phi) is 3.60. The molecule has 1 heterocycles. The van der Waals surface area contributed by atoms with Crippen LogP contribution in [0, 0.1) is 0 Å². The Morgan fingerprint density at radius 2 is 1.71 bits per heavy atom. The minimum Gasteiger partial charge on any atom is -0.497 e. The fraction of sp³-hybridized carbons (Fsp3) is 0.294. The van der Waals surface area contributed by atoms with E-state index in [9.17, 15) is 0 Å². The van der Waals surface area contributed by atoms with Gasteiger partial charge in [-0.25, -0.2) is 0 Å². The topological polar surface area (TPSA) is 36.9 Å². The zero-order valence-electron chi connectivity index (χ0n) is 12.4. The van der Waals surface area contributed by atoms with E-state index in [0.29, 0.717) is 6.61 Å². The summed E-state index contributed by atoms with van der Waals surface area (Å²) in [7, 11) is 1.66. The summed E-state index contributed by atoms with van der Waals surface area (Å²) in [4.78, 5) is 0. The van der Waals surface area contributed by atoms with Gasteiger partial charge in [0.1, 0.15) is 11.5 Å². The van der Waals surface area contributed by atoms with E-state index < -0.39 is 0 Å². The molecule has 1 aliphatic heterocycles. The molecular weight excluding hydrogens is 268 g/mol. The van der Waals surface area contributed by atoms with E-state index >= 15 is 0 Å². The zero-order valence-corrected chi connectivity index (χ0v) is 12.4. The average molecular weight is 286 g/mol. The number of hydrogen-bond acceptors (Lipinski definition) is 4. The van der Waals surface area contributed by atoms with Crippen LogP contribution in [0.3, 0.4) is 0 Å². The monoisotopic (exact) mass is 286 g/mol.